The molecule has 1 aliphatic rings. The number of amides is 1. The van der Waals surface area contributed by atoms with E-state index in [1.54, 1.807) is 48.6 Å². The minimum Gasteiger partial charge on any atom is -0.493 e. The highest BCUT2D eigenvalue weighted by molar-refractivity contribution is 6.12. The molecule has 0 radical (unpaired) electrons. The first kappa shape index (κ1) is 22.3. The van der Waals surface area contributed by atoms with Crippen LogP contribution in [-0.4, -0.2) is 47.2 Å². The van der Waals surface area contributed by atoms with Gasteiger partial charge in [-0.3, -0.25) is 4.79 Å². The van der Waals surface area contributed by atoms with Crippen molar-refractivity contribution in [2.24, 2.45) is 0 Å². The molecule has 35 heavy (non-hydrogen) atoms. The Morgan fingerprint density at radius 3 is 2.63 bits per heavy atom. The average Bonchev–Trinajstić information content (AvgIpc) is 2.96. The second kappa shape index (κ2) is 9.06. The molecule has 0 saturated carbocycles. The smallest absolute Gasteiger partial charge is 0.336 e. The van der Waals surface area contributed by atoms with E-state index < -0.39 is 5.97 Å². The van der Waals surface area contributed by atoms with E-state index in [1.807, 2.05) is 42.2 Å². The number of benzene rings is 2. The lowest BCUT2D eigenvalue weighted by atomic mass is 10.0. The van der Waals surface area contributed by atoms with Gasteiger partial charge in [-0.05, 0) is 48.2 Å². The third-order valence-corrected chi connectivity index (χ3v) is 6.17. The molecule has 5 rings (SSSR count). The molecule has 3 heterocycles. The van der Waals surface area contributed by atoms with Crippen LogP contribution >= 0.6 is 0 Å². The number of aromatic carboxylic acids is 1. The Balaban J connectivity index is 1.40. The molecule has 0 saturated heterocycles. The second-order valence-electron chi connectivity index (χ2n) is 8.23. The quantitative estimate of drug-likeness (QED) is 0.438. The molecular formula is C27H24N4O4. The van der Waals surface area contributed by atoms with Crippen molar-refractivity contribution in [2.45, 2.75) is 13.3 Å². The Morgan fingerprint density at radius 2 is 1.83 bits per heavy atom. The van der Waals surface area contributed by atoms with Crippen molar-refractivity contribution in [2.75, 3.05) is 30.0 Å². The van der Waals surface area contributed by atoms with Crippen molar-refractivity contribution >= 4 is 40.0 Å². The fourth-order valence-electron chi connectivity index (χ4n) is 4.43. The summed E-state index contributed by atoms with van der Waals surface area (Å²) >= 11 is 0. The van der Waals surface area contributed by atoms with E-state index in [0.29, 0.717) is 47.9 Å². The van der Waals surface area contributed by atoms with Crippen molar-refractivity contribution in [3.05, 3.63) is 83.7 Å². The number of carboxylic acid groups (broad SMARTS) is 1. The first-order valence-electron chi connectivity index (χ1n) is 11.4. The number of hydrogen-bond donors (Lipinski definition) is 1. The lowest BCUT2D eigenvalue weighted by Crippen LogP contribution is -2.25. The fourth-order valence-corrected chi connectivity index (χ4v) is 4.43. The van der Waals surface area contributed by atoms with Gasteiger partial charge in [-0.15, -0.1) is 0 Å². The number of anilines is 3. The molecule has 2 aromatic carbocycles. The van der Waals surface area contributed by atoms with Gasteiger partial charge in [-0.25, -0.2) is 14.8 Å². The van der Waals surface area contributed by atoms with Crippen LogP contribution in [0.4, 0.5) is 17.3 Å². The minimum absolute atomic E-state index is 0.143. The van der Waals surface area contributed by atoms with Gasteiger partial charge in [0.1, 0.15) is 11.6 Å². The summed E-state index contributed by atoms with van der Waals surface area (Å²) < 4.78 is 6.03. The zero-order chi connectivity index (χ0) is 24.5. The molecule has 0 atom stereocenters. The maximum Gasteiger partial charge on any atom is 0.336 e. The predicted octanol–water partition coefficient (Wildman–Crippen LogP) is 4.70. The number of hydrogen-bond acceptors (Lipinski definition) is 6. The largest absolute Gasteiger partial charge is 0.493 e. The normalized spacial score (nSPS) is 12.8. The summed E-state index contributed by atoms with van der Waals surface area (Å²) in [6, 6.07) is 16.1. The molecule has 1 N–H and O–H groups in total. The average molecular weight is 469 g/mol. The summed E-state index contributed by atoms with van der Waals surface area (Å²) in [6.07, 6.45) is 4.00. The van der Waals surface area contributed by atoms with Crippen LogP contribution in [0, 0.1) is 0 Å². The van der Waals surface area contributed by atoms with Gasteiger partial charge in [0.15, 0.2) is 5.82 Å². The highest BCUT2D eigenvalue weighted by atomic mass is 16.5. The number of carbonyl (C=O) groups is 2. The second-order valence-corrected chi connectivity index (χ2v) is 8.23. The van der Waals surface area contributed by atoms with Crippen LogP contribution in [0.5, 0.6) is 5.75 Å². The number of aromatic nitrogens is 2. The van der Waals surface area contributed by atoms with E-state index in [4.69, 9.17) is 4.74 Å². The zero-order valence-electron chi connectivity index (χ0n) is 19.4. The van der Waals surface area contributed by atoms with Crippen LogP contribution < -0.4 is 14.5 Å². The summed E-state index contributed by atoms with van der Waals surface area (Å²) in [5, 5.41) is 10.8. The summed E-state index contributed by atoms with van der Waals surface area (Å²) in [7, 11) is 1.74. The van der Waals surface area contributed by atoms with Gasteiger partial charge in [-0.1, -0.05) is 24.3 Å². The lowest BCUT2D eigenvalue weighted by Gasteiger charge is -2.22. The number of nitrogens with zero attached hydrogens (tertiary/aromatic N) is 4. The number of carboxylic acids is 1. The lowest BCUT2D eigenvalue weighted by molar-refractivity contribution is 0.0698. The molecule has 8 nitrogen and oxygen atoms in total. The number of fused-ring (bicyclic) bond motifs is 3. The Kier molecular flexibility index (Phi) is 5.78. The maximum atomic E-state index is 13.3. The molecule has 2 aromatic heterocycles. The number of pyridine rings is 2. The fraction of sp³-hybridized carbons (Fsp3) is 0.185. The van der Waals surface area contributed by atoms with Crippen LogP contribution in [0.1, 0.15) is 33.2 Å². The van der Waals surface area contributed by atoms with E-state index >= 15 is 0 Å². The monoisotopic (exact) mass is 468 g/mol. The van der Waals surface area contributed by atoms with E-state index in [2.05, 4.69) is 9.97 Å². The Morgan fingerprint density at radius 1 is 1.03 bits per heavy atom. The number of ether oxygens (including phenoxy) is 1. The Bertz CT molecular complexity index is 1450. The molecule has 0 unspecified atom stereocenters. The third kappa shape index (κ3) is 3.93. The molecule has 0 fully saturated rings. The molecule has 8 heteroatoms. The Hall–Kier alpha value is -4.46. The van der Waals surface area contributed by atoms with E-state index in [-0.39, 0.29) is 11.5 Å². The van der Waals surface area contributed by atoms with Crippen LogP contribution in [0.25, 0.3) is 10.8 Å². The topological polar surface area (TPSA) is 95.9 Å². The van der Waals surface area contributed by atoms with Gasteiger partial charge in [-0.2, -0.15) is 0 Å². The van der Waals surface area contributed by atoms with Gasteiger partial charge in [0.2, 0.25) is 0 Å². The molecule has 0 spiro atoms. The first-order chi connectivity index (χ1) is 17.0. The minimum atomic E-state index is -0.975. The highest BCUT2D eigenvalue weighted by Gasteiger charge is 2.30. The number of rotatable bonds is 6. The van der Waals surface area contributed by atoms with Gasteiger partial charge in [0.25, 0.3) is 5.91 Å². The van der Waals surface area contributed by atoms with Gasteiger partial charge >= 0.3 is 5.97 Å². The summed E-state index contributed by atoms with van der Waals surface area (Å²) in [4.78, 5) is 37.5. The van der Waals surface area contributed by atoms with E-state index in [0.717, 1.165) is 16.6 Å². The van der Waals surface area contributed by atoms with E-state index in [1.165, 1.54) is 0 Å². The molecular weight excluding hydrogens is 444 g/mol. The molecule has 0 bridgehead atoms. The molecule has 0 aliphatic carbocycles. The van der Waals surface area contributed by atoms with Gasteiger partial charge in [0.05, 0.1) is 23.4 Å². The van der Waals surface area contributed by atoms with Gasteiger partial charge in [0, 0.05) is 37.8 Å². The molecule has 1 amide bonds. The summed E-state index contributed by atoms with van der Waals surface area (Å²) in [5.41, 5.74) is 2.36. The predicted molar refractivity (Wildman–Crippen MR) is 134 cm³/mol. The van der Waals surface area contributed by atoms with Crippen molar-refractivity contribution < 1.29 is 19.4 Å². The summed E-state index contributed by atoms with van der Waals surface area (Å²) in [5.74, 6) is 0.780. The third-order valence-electron chi connectivity index (χ3n) is 6.17. The van der Waals surface area contributed by atoms with Crippen molar-refractivity contribution in [1.82, 2.24) is 9.97 Å². The maximum absolute atomic E-state index is 13.3. The SMILES string of the molecule is CCN1c2ncc(CCOc3cccc4c(C(=O)O)cccc34)cc2C(=O)N(C)c2cccnc21. The summed E-state index contributed by atoms with van der Waals surface area (Å²) in [6.45, 7) is 2.97. The van der Waals surface area contributed by atoms with Crippen molar-refractivity contribution in [3.63, 3.8) is 0 Å². The molecule has 4 aromatic rings. The highest BCUT2D eigenvalue weighted by Crippen LogP contribution is 2.37. The van der Waals surface area contributed by atoms with Crippen LogP contribution in [0.2, 0.25) is 0 Å². The van der Waals surface area contributed by atoms with Gasteiger partial charge < -0.3 is 19.6 Å². The van der Waals surface area contributed by atoms with Crippen LogP contribution in [-0.2, 0) is 6.42 Å². The van der Waals surface area contributed by atoms with Crippen LogP contribution in [0.15, 0.2) is 67.0 Å². The van der Waals surface area contributed by atoms with Crippen LogP contribution in [0.3, 0.4) is 0 Å². The standard InChI is InChI=1S/C27H24N4O4/c1-3-31-24-21(26(32)30(2)22-10-6-13-28-25(22)31)15-17(16-29-24)12-14-35-23-11-5-7-18-19(23)8-4-9-20(18)27(33)34/h4-11,13,15-16H,3,12,14H2,1-2H3,(H,33,34). The number of carbonyl (C=O) groups excluding carboxylic acids is 1. The van der Waals surface area contributed by atoms with E-state index in [9.17, 15) is 14.7 Å². The van der Waals surface area contributed by atoms with Crippen molar-refractivity contribution in [3.8, 4) is 5.75 Å². The van der Waals surface area contributed by atoms with Crippen molar-refractivity contribution in [1.29, 1.82) is 0 Å². The first-order valence-corrected chi connectivity index (χ1v) is 11.4. The molecule has 176 valence electrons. The molecule has 1 aliphatic heterocycles. The zero-order valence-corrected chi connectivity index (χ0v) is 19.4. The Labute approximate surface area is 202 Å².